The van der Waals surface area contributed by atoms with Crippen molar-refractivity contribution >= 4 is 17.6 Å². The number of aliphatic hydroxyl groups excluding tert-OH is 1. The molecule has 170 valence electrons. The van der Waals surface area contributed by atoms with E-state index in [4.69, 9.17) is 15.1 Å². The first-order valence-electron chi connectivity index (χ1n) is 11.2. The number of aromatic nitrogens is 5. The van der Waals surface area contributed by atoms with Crippen LogP contribution in [-0.4, -0.2) is 93.9 Å². The average Bonchev–Trinajstić information content (AvgIpc) is 3.25. The van der Waals surface area contributed by atoms with E-state index in [0.29, 0.717) is 31.5 Å². The molecule has 0 aliphatic carbocycles. The molecule has 4 N–H and O–H groups in total. The molecule has 0 atom stereocenters. The van der Waals surface area contributed by atoms with Crippen molar-refractivity contribution in [3.05, 3.63) is 18.0 Å². The van der Waals surface area contributed by atoms with Crippen LogP contribution in [0.25, 0.3) is 0 Å². The monoisotopic (exact) mass is 430 g/mol. The van der Waals surface area contributed by atoms with Gasteiger partial charge in [-0.2, -0.15) is 9.97 Å². The summed E-state index contributed by atoms with van der Waals surface area (Å²) in [6.07, 6.45) is 4.74. The van der Waals surface area contributed by atoms with Gasteiger partial charge in [0.25, 0.3) is 0 Å². The van der Waals surface area contributed by atoms with Crippen molar-refractivity contribution in [2.75, 3.05) is 68.5 Å². The topological polar surface area (TPSA) is 119 Å². The number of piperazine rings is 1. The van der Waals surface area contributed by atoms with Gasteiger partial charge in [0.2, 0.25) is 5.95 Å². The summed E-state index contributed by atoms with van der Waals surface area (Å²) in [6, 6.07) is 2.50. The molecule has 2 aromatic heterocycles. The highest BCUT2D eigenvalue weighted by molar-refractivity contribution is 5.54. The Kier molecular flexibility index (Phi) is 7.49. The van der Waals surface area contributed by atoms with Crippen LogP contribution < -0.4 is 20.9 Å². The normalized spacial score (nSPS) is 18.3. The van der Waals surface area contributed by atoms with Gasteiger partial charge in [0.05, 0.1) is 12.7 Å². The van der Waals surface area contributed by atoms with Gasteiger partial charge in [-0.15, -0.1) is 5.10 Å². The first-order chi connectivity index (χ1) is 15.2. The van der Waals surface area contributed by atoms with Crippen molar-refractivity contribution in [1.82, 2.24) is 35.2 Å². The first-order valence-corrected chi connectivity index (χ1v) is 11.2. The van der Waals surface area contributed by atoms with E-state index in [1.165, 1.54) is 0 Å². The highest BCUT2D eigenvalue weighted by Crippen LogP contribution is 2.21. The van der Waals surface area contributed by atoms with E-state index in [1.807, 2.05) is 6.20 Å². The van der Waals surface area contributed by atoms with Crippen molar-refractivity contribution in [2.45, 2.75) is 38.4 Å². The van der Waals surface area contributed by atoms with Crippen LogP contribution in [0.15, 0.2) is 12.3 Å². The number of likely N-dealkylation sites (N-methyl/N-ethyl adjacent to an activating group) is 1. The minimum Gasteiger partial charge on any atom is -0.396 e. The lowest BCUT2D eigenvalue weighted by atomic mass is 10.1. The molecule has 0 saturated carbocycles. The molecule has 2 fully saturated rings. The van der Waals surface area contributed by atoms with Crippen LogP contribution >= 0.6 is 0 Å². The van der Waals surface area contributed by atoms with Gasteiger partial charge in [0.1, 0.15) is 17.3 Å². The van der Waals surface area contributed by atoms with Gasteiger partial charge in [0, 0.05) is 51.4 Å². The van der Waals surface area contributed by atoms with Gasteiger partial charge >= 0.3 is 0 Å². The zero-order valence-electron chi connectivity index (χ0n) is 18.3. The van der Waals surface area contributed by atoms with E-state index in [0.717, 1.165) is 69.4 Å². The van der Waals surface area contributed by atoms with Crippen LogP contribution in [0, 0.1) is 0 Å². The summed E-state index contributed by atoms with van der Waals surface area (Å²) in [5.74, 6) is 2.41. The average molecular weight is 431 g/mol. The van der Waals surface area contributed by atoms with Crippen LogP contribution in [0.2, 0.25) is 0 Å². The second kappa shape index (κ2) is 10.7. The number of rotatable bonds is 9. The van der Waals surface area contributed by atoms with E-state index in [2.05, 4.69) is 49.2 Å². The fourth-order valence-corrected chi connectivity index (χ4v) is 3.89. The van der Waals surface area contributed by atoms with Gasteiger partial charge < -0.3 is 30.9 Å². The second-order valence-corrected chi connectivity index (χ2v) is 8.30. The molecule has 11 heteroatoms. The number of hydrogen-bond acceptors (Lipinski definition) is 10. The van der Waals surface area contributed by atoms with Crippen molar-refractivity contribution in [2.24, 2.45) is 0 Å². The molecule has 0 radical (unpaired) electrons. The SMILES string of the molecule is CN1CCN(c2cc(NC3CCNCC3)nc(NCc3cn(CCCO)nn3)n2)CC1. The Morgan fingerprint density at radius 3 is 2.74 bits per heavy atom. The van der Waals surface area contributed by atoms with E-state index in [1.54, 1.807) is 4.68 Å². The predicted octanol–water partition coefficient (Wildman–Crippen LogP) is -0.0217. The van der Waals surface area contributed by atoms with E-state index in [-0.39, 0.29) is 6.61 Å². The molecule has 4 rings (SSSR count). The maximum atomic E-state index is 8.97. The van der Waals surface area contributed by atoms with Crippen molar-refractivity contribution in [3.63, 3.8) is 0 Å². The molecule has 0 amide bonds. The largest absolute Gasteiger partial charge is 0.396 e. The molecule has 31 heavy (non-hydrogen) atoms. The Balaban J connectivity index is 1.46. The smallest absolute Gasteiger partial charge is 0.226 e. The minimum absolute atomic E-state index is 0.146. The number of aryl methyl sites for hydroxylation is 1. The Hall–Kier alpha value is -2.50. The molecule has 11 nitrogen and oxygen atoms in total. The van der Waals surface area contributed by atoms with Crippen LogP contribution in [0.4, 0.5) is 17.6 Å². The maximum absolute atomic E-state index is 8.97. The number of nitrogens with zero attached hydrogens (tertiary/aromatic N) is 7. The molecule has 0 unspecified atom stereocenters. The van der Waals surface area contributed by atoms with Gasteiger partial charge in [0.15, 0.2) is 0 Å². The summed E-state index contributed by atoms with van der Waals surface area (Å²) < 4.78 is 1.75. The van der Waals surface area contributed by atoms with E-state index < -0.39 is 0 Å². The van der Waals surface area contributed by atoms with Crippen LogP contribution in [0.1, 0.15) is 25.0 Å². The lowest BCUT2D eigenvalue weighted by Gasteiger charge is -2.33. The number of piperidine rings is 1. The minimum atomic E-state index is 0.146. The Morgan fingerprint density at radius 1 is 1.16 bits per heavy atom. The summed E-state index contributed by atoms with van der Waals surface area (Å²) in [6.45, 7) is 7.34. The lowest BCUT2D eigenvalue weighted by Crippen LogP contribution is -2.45. The molecule has 4 heterocycles. The van der Waals surface area contributed by atoms with Crippen LogP contribution in [0.5, 0.6) is 0 Å². The van der Waals surface area contributed by atoms with Gasteiger partial charge in [-0.25, -0.2) is 0 Å². The van der Waals surface area contributed by atoms with Crippen LogP contribution in [-0.2, 0) is 13.1 Å². The molecule has 0 aromatic carbocycles. The summed E-state index contributed by atoms with van der Waals surface area (Å²) in [4.78, 5) is 14.2. The summed E-state index contributed by atoms with van der Waals surface area (Å²) in [5.41, 5.74) is 0.819. The Morgan fingerprint density at radius 2 is 1.97 bits per heavy atom. The number of aliphatic hydroxyl groups is 1. The number of hydrogen-bond donors (Lipinski definition) is 4. The van der Waals surface area contributed by atoms with Gasteiger partial charge in [-0.05, 0) is 39.4 Å². The van der Waals surface area contributed by atoms with Gasteiger partial charge in [-0.3, -0.25) is 4.68 Å². The standard InChI is InChI=1S/C20H34N10O/c1-28-8-10-29(11-9-28)19-13-18(23-16-3-5-21-6-4-16)24-20(25-19)22-14-17-15-30(27-26-17)7-2-12-31/h13,15-16,21,31H,2-12,14H2,1H3,(H2,22,23,24,25). The number of nitrogens with one attached hydrogen (secondary N) is 3. The van der Waals surface area contributed by atoms with Crippen molar-refractivity contribution < 1.29 is 5.11 Å². The van der Waals surface area contributed by atoms with Crippen LogP contribution in [0.3, 0.4) is 0 Å². The molecule has 2 aliphatic heterocycles. The maximum Gasteiger partial charge on any atom is 0.226 e. The third-order valence-corrected chi connectivity index (χ3v) is 5.79. The lowest BCUT2D eigenvalue weighted by molar-refractivity contribution is 0.276. The zero-order valence-corrected chi connectivity index (χ0v) is 18.3. The third kappa shape index (κ3) is 6.25. The summed E-state index contributed by atoms with van der Waals surface area (Å²) in [5, 5.41) is 27.6. The molecule has 2 aliphatic rings. The molecule has 0 spiro atoms. The van der Waals surface area contributed by atoms with E-state index >= 15 is 0 Å². The predicted molar refractivity (Wildman–Crippen MR) is 120 cm³/mol. The quantitative estimate of drug-likeness (QED) is 0.432. The first kappa shape index (κ1) is 21.7. The summed E-state index contributed by atoms with van der Waals surface area (Å²) in [7, 11) is 2.15. The van der Waals surface area contributed by atoms with Gasteiger partial charge in [-0.1, -0.05) is 5.21 Å². The second-order valence-electron chi connectivity index (χ2n) is 8.30. The number of anilines is 3. The Labute approximate surface area is 183 Å². The molecule has 2 aromatic rings. The third-order valence-electron chi connectivity index (χ3n) is 5.79. The fourth-order valence-electron chi connectivity index (χ4n) is 3.89. The van der Waals surface area contributed by atoms with E-state index in [9.17, 15) is 0 Å². The Bertz CT molecular complexity index is 814. The highest BCUT2D eigenvalue weighted by Gasteiger charge is 2.19. The highest BCUT2D eigenvalue weighted by atomic mass is 16.3. The summed E-state index contributed by atoms with van der Waals surface area (Å²) >= 11 is 0. The fraction of sp³-hybridized carbons (Fsp3) is 0.700. The molecular weight excluding hydrogens is 396 g/mol. The van der Waals surface area contributed by atoms with Crippen molar-refractivity contribution in [1.29, 1.82) is 0 Å². The molecule has 0 bridgehead atoms. The molecule has 2 saturated heterocycles. The zero-order chi connectivity index (χ0) is 21.5. The molecular formula is C20H34N10O. The van der Waals surface area contributed by atoms with Crippen molar-refractivity contribution in [3.8, 4) is 0 Å².